The number of nitro benzene ring substituents is 1. The lowest BCUT2D eigenvalue weighted by Gasteiger charge is -2.50. The molecule has 0 saturated carbocycles. The fraction of sp³-hybridized carbons (Fsp3) is 0.533. The third kappa shape index (κ3) is 1.85. The average molecular weight is 301 g/mol. The van der Waals surface area contributed by atoms with Crippen LogP contribution in [0.5, 0.6) is 0 Å². The van der Waals surface area contributed by atoms with Crippen molar-refractivity contribution in [1.82, 2.24) is 9.80 Å². The third-order valence-electron chi connectivity index (χ3n) is 5.32. The highest BCUT2D eigenvalue weighted by Crippen LogP contribution is 2.41. The molecule has 4 aliphatic heterocycles. The van der Waals surface area contributed by atoms with Gasteiger partial charge in [0.1, 0.15) is 0 Å². The minimum atomic E-state index is -0.360. The van der Waals surface area contributed by atoms with Crippen molar-refractivity contribution >= 4 is 11.4 Å². The van der Waals surface area contributed by atoms with Crippen LogP contribution in [0, 0.1) is 16.0 Å². The molecule has 1 aromatic carbocycles. The topological polar surface area (TPSA) is 88.0 Å². The van der Waals surface area contributed by atoms with Gasteiger partial charge in [-0.2, -0.15) is 5.10 Å². The Morgan fingerprint density at radius 3 is 2.27 bits per heavy atom. The summed E-state index contributed by atoms with van der Waals surface area (Å²) in [7, 11) is 0. The summed E-state index contributed by atoms with van der Waals surface area (Å²) in [6, 6.07) is 6.92. The molecule has 0 aromatic heterocycles. The standard InChI is InChI=1S/C15H19N5O2/c16-17-14-11-7-18-5-6-19(8-11)10-15(14,9-18)12-1-3-13(4-2-12)20(21)22/h1-4,11H,5-10,16H2/b17-14-. The van der Waals surface area contributed by atoms with Crippen molar-refractivity contribution in [2.75, 3.05) is 39.3 Å². The molecule has 4 aliphatic rings. The van der Waals surface area contributed by atoms with Crippen molar-refractivity contribution in [3.63, 3.8) is 0 Å². The number of non-ortho nitro benzene ring substituents is 1. The minimum Gasteiger partial charge on any atom is -0.323 e. The highest BCUT2D eigenvalue weighted by atomic mass is 16.6. The number of piperidine rings is 2. The Labute approximate surface area is 128 Å². The maximum Gasteiger partial charge on any atom is 0.269 e. The van der Waals surface area contributed by atoms with Crippen LogP contribution in [0.15, 0.2) is 29.4 Å². The van der Waals surface area contributed by atoms with Gasteiger partial charge in [-0.05, 0) is 5.56 Å². The summed E-state index contributed by atoms with van der Waals surface area (Å²) in [4.78, 5) is 15.5. The van der Waals surface area contributed by atoms with Crippen LogP contribution in [0.4, 0.5) is 5.69 Å². The first-order valence-electron chi connectivity index (χ1n) is 7.60. The number of hydrogen-bond acceptors (Lipinski definition) is 6. The highest BCUT2D eigenvalue weighted by Gasteiger charge is 2.53. The summed E-state index contributed by atoms with van der Waals surface area (Å²) in [6.07, 6.45) is 0. The summed E-state index contributed by atoms with van der Waals surface area (Å²) in [5, 5.41) is 15.0. The van der Waals surface area contributed by atoms with Gasteiger partial charge in [0, 0.05) is 57.3 Å². The molecular formula is C15H19N5O2. The number of benzene rings is 1. The predicted octanol–water partition coefficient (Wildman–Crippen LogP) is 0.408. The van der Waals surface area contributed by atoms with Crippen LogP contribution < -0.4 is 5.84 Å². The maximum atomic E-state index is 10.9. The fourth-order valence-electron chi connectivity index (χ4n) is 4.43. The Bertz CT molecular complexity index is 626. The lowest BCUT2D eigenvalue weighted by molar-refractivity contribution is -0.384. The second kappa shape index (κ2) is 4.76. The Kier molecular flexibility index (Phi) is 2.95. The van der Waals surface area contributed by atoms with Crippen LogP contribution in [-0.4, -0.2) is 59.7 Å². The van der Waals surface area contributed by atoms with Crippen molar-refractivity contribution in [3.8, 4) is 0 Å². The first-order valence-corrected chi connectivity index (χ1v) is 7.60. The van der Waals surface area contributed by atoms with E-state index in [1.54, 1.807) is 12.1 Å². The normalized spacial score (nSPS) is 38.2. The van der Waals surface area contributed by atoms with Crippen LogP contribution in [0.1, 0.15) is 5.56 Å². The first-order chi connectivity index (χ1) is 10.6. The minimum absolute atomic E-state index is 0.123. The van der Waals surface area contributed by atoms with Crippen LogP contribution in [0.25, 0.3) is 0 Å². The van der Waals surface area contributed by atoms with Crippen molar-refractivity contribution in [2.24, 2.45) is 16.9 Å². The Morgan fingerprint density at radius 1 is 1.18 bits per heavy atom. The summed E-state index contributed by atoms with van der Waals surface area (Å²) in [5.74, 6) is 6.11. The van der Waals surface area contributed by atoms with Gasteiger partial charge in [-0.3, -0.25) is 10.1 Å². The maximum absolute atomic E-state index is 10.9. The number of nitrogens with zero attached hydrogens (tertiary/aromatic N) is 4. The molecule has 0 aliphatic carbocycles. The molecule has 2 atom stereocenters. The number of nitrogens with two attached hydrogens (primary N) is 1. The second-order valence-electron chi connectivity index (χ2n) is 6.57. The molecule has 22 heavy (non-hydrogen) atoms. The van der Waals surface area contributed by atoms with Gasteiger partial charge in [0.05, 0.1) is 16.0 Å². The first kappa shape index (κ1) is 13.7. The van der Waals surface area contributed by atoms with E-state index in [2.05, 4.69) is 14.9 Å². The predicted molar refractivity (Wildman–Crippen MR) is 82.8 cm³/mol. The van der Waals surface area contributed by atoms with Crippen LogP contribution in [-0.2, 0) is 5.41 Å². The van der Waals surface area contributed by atoms with Crippen LogP contribution in [0.3, 0.4) is 0 Å². The van der Waals surface area contributed by atoms with E-state index in [-0.39, 0.29) is 16.0 Å². The molecule has 0 spiro atoms. The monoisotopic (exact) mass is 301 g/mol. The molecule has 116 valence electrons. The van der Waals surface area contributed by atoms with E-state index in [0.29, 0.717) is 5.92 Å². The zero-order valence-electron chi connectivity index (χ0n) is 12.3. The number of hydrogen-bond donors (Lipinski definition) is 1. The molecule has 7 nitrogen and oxygen atoms in total. The smallest absolute Gasteiger partial charge is 0.269 e. The lowest BCUT2D eigenvalue weighted by atomic mass is 9.66. The molecule has 1 aromatic rings. The molecule has 0 radical (unpaired) electrons. The van der Waals surface area contributed by atoms with Gasteiger partial charge < -0.3 is 15.6 Å². The number of fused-ring (bicyclic) bond motifs is 1. The zero-order chi connectivity index (χ0) is 15.3. The van der Waals surface area contributed by atoms with Gasteiger partial charge in [-0.1, -0.05) is 12.1 Å². The molecular weight excluding hydrogens is 282 g/mol. The quantitative estimate of drug-likeness (QED) is 0.485. The van der Waals surface area contributed by atoms with E-state index in [0.717, 1.165) is 50.5 Å². The van der Waals surface area contributed by atoms with Crippen molar-refractivity contribution in [3.05, 3.63) is 39.9 Å². The summed E-state index contributed by atoms with van der Waals surface area (Å²) >= 11 is 0. The van der Waals surface area contributed by atoms with Crippen molar-refractivity contribution < 1.29 is 4.92 Å². The van der Waals surface area contributed by atoms with Crippen molar-refractivity contribution in [2.45, 2.75) is 5.41 Å². The second-order valence-corrected chi connectivity index (χ2v) is 6.57. The SMILES string of the molecule is N/N=C1/C2CN3CCN(C2)CC1(c1ccc([N+](=O)[O-])cc1)C3. The molecule has 0 amide bonds. The van der Waals surface area contributed by atoms with E-state index in [9.17, 15) is 10.1 Å². The summed E-state index contributed by atoms with van der Waals surface area (Å²) in [5.41, 5.74) is 2.05. The lowest BCUT2D eigenvalue weighted by Crippen LogP contribution is -2.64. The van der Waals surface area contributed by atoms with Gasteiger partial charge >= 0.3 is 0 Å². The molecule has 7 heteroatoms. The van der Waals surface area contributed by atoms with Gasteiger partial charge in [-0.25, -0.2) is 0 Å². The van der Waals surface area contributed by atoms with Gasteiger partial charge in [-0.15, -0.1) is 0 Å². The van der Waals surface area contributed by atoms with E-state index < -0.39 is 0 Å². The van der Waals surface area contributed by atoms with Gasteiger partial charge in [0.15, 0.2) is 0 Å². The summed E-state index contributed by atoms with van der Waals surface area (Å²) in [6.45, 7) is 5.97. The molecule has 4 saturated heterocycles. The van der Waals surface area contributed by atoms with Crippen LogP contribution in [0.2, 0.25) is 0 Å². The Hall–Kier alpha value is -1.99. The average Bonchev–Trinajstić information content (AvgIpc) is 2.76. The largest absolute Gasteiger partial charge is 0.323 e. The number of rotatable bonds is 2. The molecule has 4 heterocycles. The van der Waals surface area contributed by atoms with Gasteiger partial charge in [0.2, 0.25) is 0 Å². The third-order valence-corrected chi connectivity index (χ3v) is 5.32. The highest BCUT2D eigenvalue weighted by molar-refractivity contribution is 5.99. The molecule has 5 rings (SSSR count). The molecule has 4 bridgehead atoms. The number of nitro groups is 1. The van der Waals surface area contributed by atoms with E-state index >= 15 is 0 Å². The van der Waals surface area contributed by atoms with Crippen molar-refractivity contribution in [1.29, 1.82) is 0 Å². The van der Waals surface area contributed by atoms with Crippen LogP contribution >= 0.6 is 0 Å². The van der Waals surface area contributed by atoms with E-state index in [1.165, 1.54) is 0 Å². The molecule has 4 fully saturated rings. The van der Waals surface area contributed by atoms with Gasteiger partial charge in [0.25, 0.3) is 5.69 Å². The zero-order valence-corrected chi connectivity index (χ0v) is 12.3. The molecule has 2 N–H and O–H groups in total. The molecule has 2 unspecified atom stereocenters. The summed E-state index contributed by atoms with van der Waals surface area (Å²) < 4.78 is 0. The number of hydrazone groups is 1. The Balaban J connectivity index is 1.81. The Morgan fingerprint density at radius 2 is 1.77 bits per heavy atom. The van der Waals surface area contributed by atoms with E-state index in [4.69, 9.17) is 5.84 Å². The fourth-order valence-corrected chi connectivity index (χ4v) is 4.43. The van der Waals surface area contributed by atoms with E-state index in [1.807, 2.05) is 12.1 Å².